The van der Waals surface area contributed by atoms with E-state index in [-0.39, 0.29) is 5.54 Å². The zero-order valence-electron chi connectivity index (χ0n) is 10.5. The molecule has 0 aliphatic heterocycles. The molecule has 1 aromatic rings. The zero-order chi connectivity index (χ0) is 11.6. The molecule has 0 spiro atoms. The van der Waals surface area contributed by atoms with Gasteiger partial charge < -0.3 is 5.32 Å². The van der Waals surface area contributed by atoms with Crippen LogP contribution in [0.5, 0.6) is 0 Å². The van der Waals surface area contributed by atoms with Gasteiger partial charge in [-0.2, -0.15) is 0 Å². The molecule has 0 bridgehead atoms. The van der Waals surface area contributed by atoms with Crippen LogP contribution in [0, 0.1) is 0 Å². The molecule has 0 aromatic carbocycles. The van der Waals surface area contributed by atoms with Crippen LogP contribution >= 0.6 is 0 Å². The second-order valence-electron chi connectivity index (χ2n) is 4.89. The van der Waals surface area contributed by atoms with Crippen molar-refractivity contribution in [2.24, 2.45) is 0 Å². The summed E-state index contributed by atoms with van der Waals surface area (Å²) in [7, 11) is 0. The van der Waals surface area contributed by atoms with Crippen molar-refractivity contribution < 1.29 is 0 Å². The van der Waals surface area contributed by atoms with E-state index in [2.05, 4.69) is 36.1 Å². The second-order valence-corrected chi connectivity index (χ2v) is 4.89. The number of anilines is 1. The third-order valence-electron chi connectivity index (χ3n) is 3.86. The lowest BCUT2D eigenvalue weighted by Gasteiger charge is -2.29. The molecule has 0 fully saturated rings. The summed E-state index contributed by atoms with van der Waals surface area (Å²) >= 11 is 0. The molecule has 0 saturated heterocycles. The first-order valence-electron chi connectivity index (χ1n) is 6.29. The summed E-state index contributed by atoms with van der Waals surface area (Å²) in [5.74, 6) is 1.06. The van der Waals surface area contributed by atoms with Gasteiger partial charge in [0.25, 0.3) is 0 Å². The predicted octanol–water partition coefficient (Wildman–Crippen LogP) is 2.96. The number of nitrogens with zero attached hydrogens (tertiary/aromatic N) is 2. The van der Waals surface area contributed by atoms with Gasteiger partial charge in [-0.05, 0) is 39.0 Å². The monoisotopic (exact) mass is 219 g/mol. The Labute approximate surface area is 97.7 Å². The van der Waals surface area contributed by atoms with Crippen molar-refractivity contribution in [1.82, 2.24) is 9.97 Å². The van der Waals surface area contributed by atoms with Gasteiger partial charge in [0.1, 0.15) is 12.1 Å². The average molecular weight is 219 g/mol. The largest absolute Gasteiger partial charge is 0.365 e. The summed E-state index contributed by atoms with van der Waals surface area (Å²) in [6.07, 6.45) is 7.38. The molecule has 1 N–H and O–H groups in total. The van der Waals surface area contributed by atoms with Crippen molar-refractivity contribution in [3.63, 3.8) is 0 Å². The maximum atomic E-state index is 4.41. The van der Waals surface area contributed by atoms with Crippen LogP contribution in [0.3, 0.4) is 0 Å². The lowest BCUT2D eigenvalue weighted by atomic mass is 9.95. The molecular formula is C13H21N3. The van der Waals surface area contributed by atoms with E-state index < -0.39 is 0 Å². The first-order valence-corrected chi connectivity index (χ1v) is 6.29. The van der Waals surface area contributed by atoms with Crippen LogP contribution in [0.25, 0.3) is 0 Å². The Hall–Kier alpha value is -1.12. The molecule has 0 saturated carbocycles. The summed E-state index contributed by atoms with van der Waals surface area (Å²) in [4.78, 5) is 8.76. The first kappa shape index (κ1) is 11.4. The molecular weight excluding hydrogens is 198 g/mol. The van der Waals surface area contributed by atoms with E-state index in [1.807, 2.05) is 0 Å². The van der Waals surface area contributed by atoms with Crippen LogP contribution in [0.4, 0.5) is 5.82 Å². The molecule has 16 heavy (non-hydrogen) atoms. The maximum absolute atomic E-state index is 4.41. The lowest BCUT2D eigenvalue weighted by molar-refractivity contribution is 0.476. The molecule has 0 atom stereocenters. The van der Waals surface area contributed by atoms with E-state index in [0.717, 1.165) is 31.5 Å². The van der Waals surface area contributed by atoms with Crippen molar-refractivity contribution in [1.29, 1.82) is 0 Å². The summed E-state index contributed by atoms with van der Waals surface area (Å²) < 4.78 is 0. The van der Waals surface area contributed by atoms with Gasteiger partial charge in [0.2, 0.25) is 0 Å². The van der Waals surface area contributed by atoms with Gasteiger partial charge in [-0.1, -0.05) is 13.8 Å². The molecule has 0 amide bonds. The highest BCUT2D eigenvalue weighted by Gasteiger charge is 2.23. The van der Waals surface area contributed by atoms with Gasteiger partial charge in [0, 0.05) is 16.8 Å². The van der Waals surface area contributed by atoms with Crippen LogP contribution in [-0.2, 0) is 12.8 Å². The van der Waals surface area contributed by atoms with Gasteiger partial charge >= 0.3 is 0 Å². The fourth-order valence-corrected chi connectivity index (χ4v) is 2.18. The summed E-state index contributed by atoms with van der Waals surface area (Å²) in [5.41, 5.74) is 2.74. The van der Waals surface area contributed by atoms with Gasteiger partial charge in [-0.3, -0.25) is 0 Å². The van der Waals surface area contributed by atoms with Crippen molar-refractivity contribution >= 4 is 5.82 Å². The highest BCUT2D eigenvalue weighted by molar-refractivity contribution is 5.49. The maximum Gasteiger partial charge on any atom is 0.133 e. The summed E-state index contributed by atoms with van der Waals surface area (Å²) in [6, 6.07) is 0. The Bertz CT molecular complexity index is 369. The standard InChI is InChI=1S/C13H21N3/c1-4-13(3,5-2)16-12-10-7-6-8-11(10)14-9-15-12/h9H,4-8H2,1-3H3,(H,14,15,16). The minimum Gasteiger partial charge on any atom is -0.365 e. The molecule has 1 aromatic heterocycles. The van der Waals surface area contributed by atoms with E-state index in [1.54, 1.807) is 6.33 Å². The molecule has 2 rings (SSSR count). The molecule has 3 nitrogen and oxygen atoms in total. The number of rotatable bonds is 4. The normalized spacial score (nSPS) is 14.9. The summed E-state index contributed by atoms with van der Waals surface area (Å²) in [5, 5.41) is 3.60. The lowest BCUT2D eigenvalue weighted by Crippen LogP contribution is -2.33. The quantitative estimate of drug-likeness (QED) is 0.846. The number of aryl methyl sites for hydroxylation is 1. The van der Waals surface area contributed by atoms with Gasteiger partial charge in [-0.15, -0.1) is 0 Å². The predicted molar refractivity (Wildman–Crippen MR) is 66.7 cm³/mol. The van der Waals surface area contributed by atoms with E-state index in [1.165, 1.54) is 17.7 Å². The van der Waals surface area contributed by atoms with Gasteiger partial charge in [0.05, 0.1) is 0 Å². The minimum absolute atomic E-state index is 0.157. The molecule has 1 aliphatic carbocycles. The SMILES string of the molecule is CCC(C)(CC)Nc1ncnc2c1CCC2. The van der Waals surface area contributed by atoms with Crippen molar-refractivity contribution in [3.8, 4) is 0 Å². The van der Waals surface area contributed by atoms with Crippen LogP contribution < -0.4 is 5.32 Å². The van der Waals surface area contributed by atoms with Crippen molar-refractivity contribution in [2.45, 2.75) is 58.4 Å². The average Bonchev–Trinajstić information content (AvgIpc) is 2.78. The Morgan fingerprint density at radius 2 is 2.00 bits per heavy atom. The fourth-order valence-electron chi connectivity index (χ4n) is 2.18. The van der Waals surface area contributed by atoms with E-state index in [0.29, 0.717) is 0 Å². The second kappa shape index (κ2) is 4.40. The topological polar surface area (TPSA) is 37.8 Å². The Kier molecular flexibility index (Phi) is 3.13. The van der Waals surface area contributed by atoms with Crippen molar-refractivity contribution in [3.05, 3.63) is 17.6 Å². The molecule has 1 aliphatic rings. The minimum atomic E-state index is 0.157. The van der Waals surface area contributed by atoms with E-state index in [4.69, 9.17) is 0 Å². The third kappa shape index (κ3) is 2.04. The number of fused-ring (bicyclic) bond motifs is 1. The van der Waals surface area contributed by atoms with Crippen LogP contribution in [0.15, 0.2) is 6.33 Å². The Morgan fingerprint density at radius 3 is 2.69 bits per heavy atom. The highest BCUT2D eigenvalue weighted by atomic mass is 15.1. The van der Waals surface area contributed by atoms with Crippen LogP contribution in [0.1, 0.15) is 51.3 Å². The van der Waals surface area contributed by atoms with Crippen LogP contribution in [0.2, 0.25) is 0 Å². The molecule has 3 heteroatoms. The van der Waals surface area contributed by atoms with Crippen LogP contribution in [-0.4, -0.2) is 15.5 Å². The molecule has 88 valence electrons. The Morgan fingerprint density at radius 1 is 1.25 bits per heavy atom. The number of hydrogen-bond acceptors (Lipinski definition) is 3. The van der Waals surface area contributed by atoms with Gasteiger partial charge in [0.15, 0.2) is 0 Å². The number of nitrogens with one attached hydrogen (secondary N) is 1. The summed E-state index contributed by atoms with van der Waals surface area (Å²) in [6.45, 7) is 6.70. The van der Waals surface area contributed by atoms with E-state index >= 15 is 0 Å². The van der Waals surface area contributed by atoms with E-state index in [9.17, 15) is 0 Å². The molecule has 1 heterocycles. The highest BCUT2D eigenvalue weighted by Crippen LogP contribution is 2.28. The number of aromatic nitrogens is 2. The smallest absolute Gasteiger partial charge is 0.133 e. The first-order chi connectivity index (χ1) is 7.68. The fraction of sp³-hybridized carbons (Fsp3) is 0.692. The van der Waals surface area contributed by atoms with Gasteiger partial charge in [-0.25, -0.2) is 9.97 Å². The van der Waals surface area contributed by atoms with Crippen molar-refractivity contribution in [2.75, 3.05) is 5.32 Å². The zero-order valence-corrected chi connectivity index (χ0v) is 10.5. The molecule has 0 unspecified atom stereocenters. The Balaban J connectivity index is 2.25. The molecule has 0 radical (unpaired) electrons. The number of hydrogen-bond donors (Lipinski definition) is 1. The third-order valence-corrected chi connectivity index (χ3v) is 3.86.